The Morgan fingerprint density at radius 2 is 2.06 bits per heavy atom. The molecule has 1 amide bonds. The summed E-state index contributed by atoms with van der Waals surface area (Å²) in [4.78, 5) is 14.3. The van der Waals surface area contributed by atoms with E-state index in [4.69, 9.17) is 4.74 Å². The fourth-order valence-corrected chi connectivity index (χ4v) is 3.03. The molecule has 0 spiro atoms. The average Bonchev–Trinajstić information content (AvgIpc) is 2.40. The molecule has 4 nitrogen and oxygen atoms in total. The van der Waals surface area contributed by atoms with Crippen LogP contribution in [0.4, 0.5) is 0 Å². The van der Waals surface area contributed by atoms with E-state index < -0.39 is 0 Å². The minimum atomic E-state index is 0.218. The van der Waals surface area contributed by atoms with Crippen LogP contribution in [0.1, 0.15) is 32.6 Å². The van der Waals surface area contributed by atoms with Crippen LogP contribution in [0.5, 0.6) is 0 Å². The number of amides is 1. The van der Waals surface area contributed by atoms with Gasteiger partial charge in [0, 0.05) is 26.6 Å². The van der Waals surface area contributed by atoms with Crippen molar-refractivity contribution in [2.45, 2.75) is 38.7 Å². The Bertz CT molecular complexity index is 277. The smallest absolute Gasteiger partial charge is 0.222 e. The molecule has 18 heavy (non-hydrogen) atoms. The van der Waals surface area contributed by atoms with Crippen LogP contribution in [0.3, 0.4) is 0 Å². The van der Waals surface area contributed by atoms with Crippen LogP contribution in [0.15, 0.2) is 0 Å². The summed E-state index contributed by atoms with van der Waals surface area (Å²) in [5.41, 5.74) is 0. The van der Waals surface area contributed by atoms with Crippen molar-refractivity contribution in [3.63, 3.8) is 0 Å². The predicted octanol–water partition coefficient (Wildman–Crippen LogP) is 1.26. The molecule has 0 radical (unpaired) electrons. The van der Waals surface area contributed by atoms with E-state index in [1.54, 1.807) is 7.11 Å². The number of nitrogens with zero attached hydrogens (tertiary/aromatic N) is 1. The fourth-order valence-electron chi connectivity index (χ4n) is 3.03. The van der Waals surface area contributed by atoms with Gasteiger partial charge in [0.15, 0.2) is 0 Å². The van der Waals surface area contributed by atoms with Gasteiger partial charge in [-0.2, -0.15) is 0 Å². The molecule has 0 aromatic heterocycles. The van der Waals surface area contributed by atoms with Crippen molar-refractivity contribution in [3.8, 4) is 0 Å². The summed E-state index contributed by atoms with van der Waals surface area (Å²) in [5, 5.41) is 3.34. The number of carbonyl (C=O) groups is 1. The molecule has 2 saturated heterocycles. The Labute approximate surface area is 110 Å². The van der Waals surface area contributed by atoms with Crippen molar-refractivity contribution >= 4 is 5.91 Å². The molecule has 0 aliphatic carbocycles. The van der Waals surface area contributed by atoms with E-state index in [-0.39, 0.29) is 6.10 Å². The topological polar surface area (TPSA) is 41.6 Å². The third-order valence-corrected chi connectivity index (χ3v) is 4.47. The van der Waals surface area contributed by atoms with Gasteiger partial charge in [-0.25, -0.2) is 0 Å². The van der Waals surface area contributed by atoms with Gasteiger partial charge in [0.2, 0.25) is 5.91 Å². The van der Waals surface area contributed by atoms with Crippen molar-refractivity contribution in [1.29, 1.82) is 0 Å². The number of carbonyl (C=O) groups excluding carboxylic acids is 1. The Morgan fingerprint density at radius 1 is 1.33 bits per heavy atom. The van der Waals surface area contributed by atoms with Gasteiger partial charge in [-0.3, -0.25) is 4.79 Å². The maximum absolute atomic E-state index is 12.3. The summed E-state index contributed by atoms with van der Waals surface area (Å²) in [7, 11) is 1.75. The lowest BCUT2D eigenvalue weighted by Gasteiger charge is -2.37. The van der Waals surface area contributed by atoms with Crippen LogP contribution < -0.4 is 5.32 Å². The third-order valence-electron chi connectivity index (χ3n) is 4.47. The molecule has 0 aromatic rings. The van der Waals surface area contributed by atoms with Gasteiger partial charge < -0.3 is 15.0 Å². The zero-order valence-corrected chi connectivity index (χ0v) is 11.7. The van der Waals surface area contributed by atoms with E-state index >= 15 is 0 Å². The predicted molar refractivity (Wildman–Crippen MR) is 71.4 cm³/mol. The summed E-state index contributed by atoms with van der Waals surface area (Å²) in [6, 6.07) is 0. The largest absolute Gasteiger partial charge is 0.379 e. The lowest BCUT2D eigenvalue weighted by atomic mass is 9.92. The Kier molecular flexibility index (Phi) is 5.01. The normalized spacial score (nSPS) is 30.4. The van der Waals surface area contributed by atoms with Crippen LogP contribution >= 0.6 is 0 Å². The van der Waals surface area contributed by atoms with Crippen molar-refractivity contribution < 1.29 is 9.53 Å². The highest BCUT2D eigenvalue weighted by atomic mass is 16.5. The Balaban J connectivity index is 1.81. The number of hydrogen-bond acceptors (Lipinski definition) is 3. The molecule has 4 heteroatoms. The van der Waals surface area contributed by atoms with Crippen molar-refractivity contribution in [3.05, 3.63) is 0 Å². The highest BCUT2D eigenvalue weighted by molar-refractivity contribution is 5.76. The Hall–Kier alpha value is -0.610. The van der Waals surface area contributed by atoms with E-state index in [9.17, 15) is 4.79 Å². The molecule has 1 N–H and O–H groups in total. The molecule has 2 aliphatic heterocycles. The first-order valence-electron chi connectivity index (χ1n) is 7.22. The van der Waals surface area contributed by atoms with E-state index in [0.717, 1.165) is 51.9 Å². The van der Waals surface area contributed by atoms with Crippen molar-refractivity contribution in [2.24, 2.45) is 11.8 Å². The van der Waals surface area contributed by atoms with Gasteiger partial charge in [-0.15, -0.1) is 0 Å². The second kappa shape index (κ2) is 6.53. The monoisotopic (exact) mass is 254 g/mol. The summed E-state index contributed by atoms with van der Waals surface area (Å²) in [6.07, 6.45) is 4.30. The number of nitrogens with one attached hydrogen (secondary N) is 1. The Morgan fingerprint density at radius 3 is 2.72 bits per heavy atom. The molecule has 2 rings (SSSR count). The second-order valence-corrected chi connectivity index (χ2v) is 5.78. The van der Waals surface area contributed by atoms with Gasteiger partial charge in [0.25, 0.3) is 0 Å². The number of hydrogen-bond donors (Lipinski definition) is 1. The van der Waals surface area contributed by atoms with Gasteiger partial charge in [-0.05, 0) is 44.2 Å². The van der Waals surface area contributed by atoms with E-state index in [2.05, 4.69) is 12.2 Å². The first kappa shape index (κ1) is 13.8. The van der Waals surface area contributed by atoms with Crippen LogP contribution in [0, 0.1) is 11.8 Å². The van der Waals surface area contributed by atoms with Gasteiger partial charge in [-0.1, -0.05) is 6.92 Å². The zero-order valence-electron chi connectivity index (χ0n) is 11.7. The lowest BCUT2D eigenvalue weighted by molar-refractivity contribution is -0.137. The molecular weight excluding hydrogens is 228 g/mol. The van der Waals surface area contributed by atoms with Crippen LogP contribution in [-0.2, 0) is 9.53 Å². The molecule has 2 heterocycles. The fraction of sp³-hybridized carbons (Fsp3) is 0.929. The van der Waals surface area contributed by atoms with Gasteiger partial charge in [0.1, 0.15) is 0 Å². The van der Waals surface area contributed by atoms with E-state index in [0.29, 0.717) is 17.7 Å². The molecular formula is C14H26N2O2. The summed E-state index contributed by atoms with van der Waals surface area (Å²) >= 11 is 0. The average molecular weight is 254 g/mol. The highest BCUT2D eigenvalue weighted by Gasteiger charge is 2.29. The van der Waals surface area contributed by atoms with Crippen molar-refractivity contribution in [1.82, 2.24) is 10.2 Å². The first-order chi connectivity index (χ1) is 8.70. The molecule has 2 atom stereocenters. The number of rotatable bonds is 3. The zero-order chi connectivity index (χ0) is 13.0. The maximum Gasteiger partial charge on any atom is 0.222 e. The van der Waals surface area contributed by atoms with Gasteiger partial charge >= 0.3 is 0 Å². The molecule has 0 saturated carbocycles. The molecule has 0 aromatic carbocycles. The molecule has 0 bridgehead atoms. The number of likely N-dealkylation sites (tertiary alicyclic amines) is 1. The van der Waals surface area contributed by atoms with Crippen LogP contribution in [-0.4, -0.2) is 50.2 Å². The van der Waals surface area contributed by atoms with Crippen LogP contribution in [0.2, 0.25) is 0 Å². The molecule has 2 fully saturated rings. The molecule has 2 unspecified atom stereocenters. The summed E-state index contributed by atoms with van der Waals surface area (Å²) in [6.45, 7) is 6.03. The highest BCUT2D eigenvalue weighted by Crippen LogP contribution is 2.22. The molecule has 2 aliphatic rings. The minimum absolute atomic E-state index is 0.218. The van der Waals surface area contributed by atoms with Crippen molar-refractivity contribution in [2.75, 3.05) is 33.3 Å². The minimum Gasteiger partial charge on any atom is -0.379 e. The summed E-state index contributed by atoms with van der Waals surface area (Å²) in [5.74, 6) is 1.48. The van der Waals surface area contributed by atoms with E-state index in [1.165, 1.54) is 0 Å². The molecule has 104 valence electrons. The first-order valence-corrected chi connectivity index (χ1v) is 7.22. The second-order valence-electron chi connectivity index (χ2n) is 5.78. The van der Waals surface area contributed by atoms with Crippen LogP contribution in [0.25, 0.3) is 0 Å². The quantitative estimate of drug-likeness (QED) is 0.824. The third kappa shape index (κ3) is 3.45. The maximum atomic E-state index is 12.3. The van der Waals surface area contributed by atoms with Gasteiger partial charge in [0.05, 0.1) is 6.10 Å². The van der Waals surface area contributed by atoms with E-state index in [1.807, 2.05) is 4.90 Å². The number of ether oxygens (including phenoxy) is 1. The number of piperidine rings is 2. The number of methoxy groups -OCH3 is 1. The SMILES string of the molecule is COC1CN(C(=O)CC2CCNCC2)CCC1C. The lowest BCUT2D eigenvalue weighted by Crippen LogP contribution is -2.47. The summed E-state index contributed by atoms with van der Waals surface area (Å²) < 4.78 is 5.47. The standard InChI is InChI=1S/C14H26N2O2/c1-11-5-8-16(10-13(11)18-2)14(17)9-12-3-6-15-7-4-12/h11-13,15H,3-10H2,1-2H3.